The Balaban J connectivity index is 1.51. The van der Waals surface area contributed by atoms with E-state index in [1.165, 1.54) is 31.4 Å². The Kier molecular flexibility index (Phi) is 7.71. The van der Waals surface area contributed by atoms with Gasteiger partial charge in [-0.3, -0.25) is 0 Å². The van der Waals surface area contributed by atoms with E-state index in [4.69, 9.17) is 4.74 Å². The summed E-state index contributed by atoms with van der Waals surface area (Å²) in [4.78, 5) is 26.3. The molecule has 4 rings (SSSR count). The van der Waals surface area contributed by atoms with Gasteiger partial charge in [0.05, 0.1) is 13.2 Å². The van der Waals surface area contributed by atoms with E-state index in [9.17, 15) is 22.8 Å². The second-order valence-corrected chi connectivity index (χ2v) is 8.90. The third-order valence-electron chi connectivity index (χ3n) is 6.73. The van der Waals surface area contributed by atoms with Gasteiger partial charge in [0.25, 0.3) is 0 Å². The Morgan fingerprint density at radius 1 is 1.05 bits per heavy atom. The molecule has 2 atom stereocenters. The van der Waals surface area contributed by atoms with Gasteiger partial charge in [0.1, 0.15) is 23.1 Å². The Morgan fingerprint density at radius 3 is 2.35 bits per heavy atom. The number of carbonyl (C=O) groups excluding carboxylic acids is 2. The number of amides is 2. The van der Waals surface area contributed by atoms with Crippen LogP contribution in [0.15, 0.2) is 66.7 Å². The number of hydrogen-bond donors (Lipinski definition) is 1. The second-order valence-electron chi connectivity index (χ2n) is 8.90. The van der Waals surface area contributed by atoms with Crippen LogP contribution in [0, 0.1) is 17.5 Å². The van der Waals surface area contributed by atoms with Crippen molar-refractivity contribution in [3.05, 3.63) is 95.3 Å². The van der Waals surface area contributed by atoms with Crippen molar-refractivity contribution in [2.75, 3.05) is 20.2 Å². The molecule has 1 aliphatic rings. The molecule has 1 heterocycles. The third-order valence-corrected chi connectivity index (χ3v) is 6.73. The highest BCUT2D eigenvalue weighted by Crippen LogP contribution is 2.39. The van der Waals surface area contributed by atoms with Gasteiger partial charge < -0.3 is 19.7 Å². The first-order chi connectivity index (χ1) is 17.7. The lowest BCUT2D eigenvalue weighted by Gasteiger charge is -2.43. The Bertz CT molecular complexity index is 1270. The van der Waals surface area contributed by atoms with Crippen molar-refractivity contribution in [2.45, 2.75) is 31.4 Å². The summed E-state index contributed by atoms with van der Waals surface area (Å²) in [7, 11) is 1.26. The zero-order chi connectivity index (χ0) is 26.6. The van der Waals surface area contributed by atoms with Crippen LogP contribution >= 0.6 is 0 Å². The lowest BCUT2D eigenvalue weighted by Crippen LogP contribution is -2.49. The van der Waals surface area contributed by atoms with E-state index in [1.807, 2.05) is 6.92 Å². The zero-order valence-electron chi connectivity index (χ0n) is 20.5. The van der Waals surface area contributed by atoms with E-state index in [-0.39, 0.29) is 24.6 Å². The van der Waals surface area contributed by atoms with E-state index >= 15 is 0 Å². The number of methoxy groups -OCH3 is 1. The molecule has 1 N–H and O–H groups in total. The first-order valence-corrected chi connectivity index (χ1v) is 11.9. The number of hydrogen-bond acceptors (Lipinski definition) is 4. The number of rotatable bonds is 7. The van der Waals surface area contributed by atoms with Gasteiger partial charge in [-0.25, -0.2) is 22.8 Å². The highest BCUT2D eigenvalue weighted by atomic mass is 19.1. The number of nitrogens with zero attached hydrogens (tertiary/aromatic N) is 1. The van der Waals surface area contributed by atoms with Gasteiger partial charge in [0, 0.05) is 37.6 Å². The number of ether oxygens (including phenoxy) is 2. The number of cyclic esters (lactones) is 1. The molecule has 1 unspecified atom stereocenters. The number of benzene rings is 3. The quantitative estimate of drug-likeness (QED) is 0.403. The van der Waals surface area contributed by atoms with Crippen LogP contribution in [0.5, 0.6) is 0 Å². The van der Waals surface area contributed by atoms with Crippen molar-refractivity contribution in [1.82, 2.24) is 10.2 Å². The van der Waals surface area contributed by atoms with Crippen molar-refractivity contribution in [2.24, 2.45) is 0 Å². The maximum Gasteiger partial charge on any atom is 0.411 e. The molecule has 1 aliphatic heterocycles. The molecule has 2 amide bonds. The van der Waals surface area contributed by atoms with Crippen LogP contribution in [0.4, 0.5) is 22.8 Å². The summed E-state index contributed by atoms with van der Waals surface area (Å²) < 4.78 is 51.6. The summed E-state index contributed by atoms with van der Waals surface area (Å²) in [5.41, 5.74) is 1.26. The molecule has 0 bridgehead atoms. The van der Waals surface area contributed by atoms with Crippen LogP contribution in [0.3, 0.4) is 0 Å². The standard InChI is InChI=1S/C28H27F3N2O4/c1-18(19-3-5-20(6-4-19)24-12-11-23(30)17-25(24)31)33-16-14-28(37-27(33)35,13-15-32-26(34)36-2)21-7-9-22(29)10-8-21/h3-12,17-18H,13-16H2,1-2H3,(H,32,34)/t18-,28?/m0/s1. The van der Waals surface area contributed by atoms with Crippen LogP contribution in [0.25, 0.3) is 11.1 Å². The highest BCUT2D eigenvalue weighted by molar-refractivity contribution is 5.71. The predicted octanol–water partition coefficient (Wildman–Crippen LogP) is 6.32. The summed E-state index contributed by atoms with van der Waals surface area (Å²) in [6, 6.07) is 15.9. The van der Waals surface area contributed by atoms with Crippen LogP contribution in [0.1, 0.15) is 36.9 Å². The number of alkyl carbamates (subject to hydrolysis) is 1. The molecule has 9 heteroatoms. The van der Waals surface area contributed by atoms with E-state index in [2.05, 4.69) is 10.1 Å². The molecule has 0 aliphatic carbocycles. The number of carbonyl (C=O) groups is 2. The van der Waals surface area contributed by atoms with E-state index in [0.717, 1.165) is 11.6 Å². The van der Waals surface area contributed by atoms with Crippen LogP contribution in [-0.4, -0.2) is 37.3 Å². The molecule has 1 saturated heterocycles. The minimum absolute atomic E-state index is 0.189. The topological polar surface area (TPSA) is 67.9 Å². The minimum Gasteiger partial charge on any atom is -0.453 e. The summed E-state index contributed by atoms with van der Waals surface area (Å²) in [6.07, 6.45) is -0.457. The molecule has 3 aromatic carbocycles. The lowest BCUT2D eigenvalue weighted by molar-refractivity contribution is -0.0648. The molecule has 0 spiro atoms. The fraction of sp³-hybridized carbons (Fsp3) is 0.286. The molecule has 3 aromatic rings. The van der Waals surface area contributed by atoms with Gasteiger partial charge in [0.2, 0.25) is 0 Å². The molecule has 0 aromatic heterocycles. The number of nitrogens with one attached hydrogen (secondary N) is 1. The SMILES string of the molecule is COC(=O)NCCC1(c2ccc(F)cc2)CCN([C@@H](C)c2ccc(-c3ccc(F)cc3F)cc2)C(=O)O1. The third kappa shape index (κ3) is 5.71. The average molecular weight is 513 g/mol. The van der Waals surface area contributed by atoms with Crippen LogP contribution in [-0.2, 0) is 15.1 Å². The molecule has 194 valence electrons. The molecule has 0 saturated carbocycles. The lowest BCUT2D eigenvalue weighted by atomic mass is 9.85. The van der Waals surface area contributed by atoms with Gasteiger partial charge in [-0.05, 0) is 47.9 Å². The van der Waals surface area contributed by atoms with E-state index in [0.29, 0.717) is 24.1 Å². The monoisotopic (exact) mass is 512 g/mol. The largest absolute Gasteiger partial charge is 0.453 e. The molecular formula is C28H27F3N2O4. The van der Waals surface area contributed by atoms with Gasteiger partial charge in [-0.15, -0.1) is 0 Å². The normalized spacial score (nSPS) is 18.2. The average Bonchev–Trinajstić information content (AvgIpc) is 2.89. The molecule has 1 fully saturated rings. The molecule has 6 nitrogen and oxygen atoms in total. The first kappa shape index (κ1) is 26.1. The molecular weight excluding hydrogens is 485 g/mol. The Hall–Kier alpha value is -4.01. The van der Waals surface area contributed by atoms with Crippen LogP contribution < -0.4 is 5.32 Å². The molecule has 0 radical (unpaired) electrons. The fourth-order valence-corrected chi connectivity index (χ4v) is 4.58. The van der Waals surface area contributed by atoms with Crippen LogP contribution in [0.2, 0.25) is 0 Å². The fourth-order valence-electron chi connectivity index (χ4n) is 4.58. The zero-order valence-corrected chi connectivity index (χ0v) is 20.5. The smallest absolute Gasteiger partial charge is 0.411 e. The summed E-state index contributed by atoms with van der Waals surface area (Å²) in [5.74, 6) is -1.71. The Morgan fingerprint density at radius 2 is 1.73 bits per heavy atom. The highest BCUT2D eigenvalue weighted by Gasteiger charge is 2.43. The second kappa shape index (κ2) is 10.9. The predicted molar refractivity (Wildman–Crippen MR) is 131 cm³/mol. The Labute approximate surface area is 213 Å². The summed E-state index contributed by atoms with van der Waals surface area (Å²) in [5, 5.41) is 2.60. The maximum atomic E-state index is 14.2. The van der Waals surface area contributed by atoms with Gasteiger partial charge >= 0.3 is 12.2 Å². The van der Waals surface area contributed by atoms with Crippen molar-refractivity contribution >= 4 is 12.2 Å². The van der Waals surface area contributed by atoms with Crippen molar-refractivity contribution in [1.29, 1.82) is 0 Å². The maximum absolute atomic E-state index is 14.2. The van der Waals surface area contributed by atoms with Crippen molar-refractivity contribution in [3.8, 4) is 11.1 Å². The van der Waals surface area contributed by atoms with Gasteiger partial charge in [-0.2, -0.15) is 0 Å². The van der Waals surface area contributed by atoms with Crippen molar-refractivity contribution < 1.29 is 32.2 Å². The molecule has 37 heavy (non-hydrogen) atoms. The van der Waals surface area contributed by atoms with Crippen molar-refractivity contribution in [3.63, 3.8) is 0 Å². The minimum atomic E-state index is -1.05. The summed E-state index contributed by atoms with van der Waals surface area (Å²) >= 11 is 0. The van der Waals surface area contributed by atoms with E-state index in [1.54, 1.807) is 41.3 Å². The first-order valence-electron chi connectivity index (χ1n) is 11.9. The van der Waals surface area contributed by atoms with Gasteiger partial charge in [0.15, 0.2) is 0 Å². The van der Waals surface area contributed by atoms with E-state index < -0.39 is 35.2 Å². The number of halogens is 3. The van der Waals surface area contributed by atoms with Gasteiger partial charge in [-0.1, -0.05) is 36.4 Å². The summed E-state index contributed by atoms with van der Waals surface area (Å²) in [6.45, 7) is 2.40.